The number of rotatable bonds is 6. The van der Waals surface area contributed by atoms with E-state index in [1.165, 1.54) is 6.42 Å². The second-order valence-corrected chi connectivity index (χ2v) is 7.74. The van der Waals surface area contributed by atoms with Crippen LogP contribution in [-0.2, 0) is 19.5 Å². The first-order chi connectivity index (χ1) is 15.1. The van der Waals surface area contributed by atoms with Crippen molar-refractivity contribution in [3.8, 4) is 5.75 Å². The third-order valence-electron chi connectivity index (χ3n) is 5.45. The zero-order valence-electron chi connectivity index (χ0n) is 18.2. The number of aryl methyl sites for hydroxylation is 3. The number of nitrogens with one attached hydrogen (secondary N) is 1. The molecule has 0 atom stereocenters. The van der Waals surface area contributed by atoms with E-state index in [0.29, 0.717) is 19.0 Å². The van der Waals surface area contributed by atoms with Gasteiger partial charge in [-0.2, -0.15) is 5.10 Å². The quantitative estimate of drug-likeness (QED) is 0.614. The van der Waals surface area contributed by atoms with Crippen molar-refractivity contribution in [1.29, 1.82) is 0 Å². The summed E-state index contributed by atoms with van der Waals surface area (Å²) in [6.07, 6.45) is 4.39. The molecule has 0 bridgehead atoms. The Kier molecular flexibility index (Phi) is 6.50. The Morgan fingerprint density at radius 2 is 1.94 bits per heavy atom. The number of ether oxygens (including phenoxy) is 1. The van der Waals surface area contributed by atoms with Gasteiger partial charge in [0.1, 0.15) is 11.6 Å². The summed E-state index contributed by atoms with van der Waals surface area (Å²) < 4.78 is 7.55. The largest absolute Gasteiger partial charge is 0.494 e. The van der Waals surface area contributed by atoms with Gasteiger partial charge in [0, 0.05) is 24.3 Å². The van der Waals surface area contributed by atoms with E-state index in [-0.39, 0.29) is 6.03 Å². The summed E-state index contributed by atoms with van der Waals surface area (Å²) in [5.41, 5.74) is 2.56. The Balaban J connectivity index is 1.60. The van der Waals surface area contributed by atoms with Crippen molar-refractivity contribution in [3.63, 3.8) is 0 Å². The third kappa shape index (κ3) is 5.05. The van der Waals surface area contributed by atoms with E-state index >= 15 is 0 Å². The molecule has 0 spiro atoms. The van der Waals surface area contributed by atoms with Crippen LogP contribution in [0.5, 0.6) is 5.75 Å². The molecule has 0 unspecified atom stereocenters. The number of hydrogen-bond donors (Lipinski definition) is 1. The molecule has 0 aliphatic carbocycles. The van der Waals surface area contributed by atoms with Crippen LogP contribution in [0.15, 0.2) is 48.5 Å². The van der Waals surface area contributed by atoms with Gasteiger partial charge in [0.25, 0.3) is 0 Å². The van der Waals surface area contributed by atoms with Crippen LogP contribution in [-0.4, -0.2) is 27.4 Å². The first kappa shape index (κ1) is 20.9. The fourth-order valence-electron chi connectivity index (χ4n) is 3.79. The van der Waals surface area contributed by atoms with Crippen LogP contribution in [0, 0.1) is 6.92 Å². The predicted octanol–water partition coefficient (Wildman–Crippen LogP) is 4.95. The number of carbonyl (C=O) groups excluding carboxylic acids is 1. The number of nitrogens with zero attached hydrogens (tertiary/aromatic N) is 4. The number of amides is 2. The first-order valence-corrected chi connectivity index (χ1v) is 10.9. The summed E-state index contributed by atoms with van der Waals surface area (Å²) in [6, 6.07) is 15.1. The zero-order valence-corrected chi connectivity index (χ0v) is 18.2. The fourth-order valence-corrected chi connectivity index (χ4v) is 3.79. The Morgan fingerprint density at radius 1 is 1.13 bits per heavy atom. The van der Waals surface area contributed by atoms with E-state index in [2.05, 4.69) is 10.4 Å². The highest BCUT2D eigenvalue weighted by Gasteiger charge is 2.21. The lowest BCUT2D eigenvalue weighted by molar-refractivity contribution is 0.256. The highest BCUT2D eigenvalue weighted by Crippen LogP contribution is 2.23. The maximum absolute atomic E-state index is 13.3. The molecule has 4 rings (SSSR count). The summed E-state index contributed by atoms with van der Waals surface area (Å²) in [7, 11) is 0. The predicted molar refractivity (Wildman–Crippen MR) is 122 cm³/mol. The summed E-state index contributed by atoms with van der Waals surface area (Å²) in [5, 5.41) is 7.72. The normalized spacial score (nSPS) is 13.2. The Labute approximate surface area is 183 Å². The van der Waals surface area contributed by atoms with Gasteiger partial charge < -0.3 is 10.1 Å². The SMILES string of the molecule is CCOc1ccc(N(Cc2nc3n(n2)CCCCC3)C(=O)Nc2ccccc2C)cc1. The van der Waals surface area contributed by atoms with Crippen LogP contribution in [0.4, 0.5) is 16.2 Å². The summed E-state index contributed by atoms with van der Waals surface area (Å²) in [6.45, 7) is 5.71. The van der Waals surface area contributed by atoms with Crippen LogP contribution in [0.1, 0.15) is 43.4 Å². The van der Waals surface area contributed by atoms with Crippen molar-refractivity contribution < 1.29 is 9.53 Å². The molecule has 0 radical (unpaired) electrons. The highest BCUT2D eigenvalue weighted by molar-refractivity contribution is 6.02. The van der Waals surface area contributed by atoms with Gasteiger partial charge in [-0.05, 0) is 62.6 Å². The summed E-state index contributed by atoms with van der Waals surface area (Å²) >= 11 is 0. The van der Waals surface area contributed by atoms with Gasteiger partial charge >= 0.3 is 6.03 Å². The Morgan fingerprint density at radius 3 is 2.71 bits per heavy atom. The standard InChI is InChI=1S/C24H29N5O2/c1-3-31-20-14-12-19(13-15-20)28(24(30)25-21-10-7-6-9-18(21)2)17-22-26-23-11-5-4-8-16-29(23)27-22/h6-7,9-10,12-15H,3-5,8,11,16-17H2,1-2H3,(H,25,30). The van der Waals surface area contributed by atoms with E-state index in [1.807, 2.05) is 67.1 Å². The number of aromatic nitrogens is 3. The maximum Gasteiger partial charge on any atom is 0.326 e. The molecule has 1 aliphatic heterocycles. The van der Waals surface area contributed by atoms with Crippen LogP contribution in [0.3, 0.4) is 0 Å². The lowest BCUT2D eigenvalue weighted by atomic mass is 10.2. The summed E-state index contributed by atoms with van der Waals surface area (Å²) in [4.78, 5) is 19.7. The molecule has 2 amide bonds. The molecular weight excluding hydrogens is 390 g/mol. The number of hydrogen-bond acceptors (Lipinski definition) is 4. The highest BCUT2D eigenvalue weighted by atomic mass is 16.5. The average molecular weight is 420 g/mol. The monoisotopic (exact) mass is 419 g/mol. The Bertz CT molecular complexity index is 1010. The molecule has 7 heteroatoms. The third-order valence-corrected chi connectivity index (χ3v) is 5.45. The minimum Gasteiger partial charge on any atom is -0.494 e. The second kappa shape index (κ2) is 9.64. The van der Waals surface area contributed by atoms with Crippen molar-refractivity contribution in [2.75, 3.05) is 16.8 Å². The van der Waals surface area contributed by atoms with Crippen molar-refractivity contribution in [2.24, 2.45) is 0 Å². The van der Waals surface area contributed by atoms with Crippen LogP contribution in [0.2, 0.25) is 0 Å². The van der Waals surface area contributed by atoms with Crippen molar-refractivity contribution in [3.05, 3.63) is 65.7 Å². The van der Waals surface area contributed by atoms with Crippen LogP contribution in [0.25, 0.3) is 0 Å². The lowest BCUT2D eigenvalue weighted by Gasteiger charge is -2.23. The van der Waals surface area contributed by atoms with Gasteiger partial charge in [-0.15, -0.1) is 0 Å². The lowest BCUT2D eigenvalue weighted by Crippen LogP contribution is -2.35. The summed E-state index contributed by atoms with van der Waals surface area (Å²) in [5.74, 6) is 2.45. The number of carbonyl (C=O) groups is 1. The van der Waals surface area contributed by atoms with E-state index in [4.69, 9.17) is 9.72 Å². The first-order valence-electron chi connectivity index (χ1n) is 10.9. The van der Waals surface area contributed by atoms with E-state index in [1.54, 1.807) is 4.90 Å². The minimum absolute atomic E-state index is 0.219. The minimum atomic E-state index is -0.219. The van der Waals surface area contributed by atoms with Gasteiger partial charge in [-0.1, -0.05) is 24.6 Å². The topological polar surface area (TPSA) is 72.3 Å². The molecule has 2 aromatic carbocycles. The number of para-hydroxylation sites is 1. The number of anilines is 2. The van der Waals surface area contributed by atoms with Gasteiger partial charge in [0.2, 0.25) is 0 Å². The van der Waals surface area contributed by atoms with Crippen molar-refractivity contribution in [2.45, 2.75) is 52.6 Å². The molecule has 0 fully saturated rings. The second-order valence-electron chi connectivity index (χ2n) is 7.74. The number of fused-ring (bicyclic) bond motifs is 1. The Hall–Kier alpha value is -3.35. The van der Waals surface area contributed by atoms with E-state index in [9.17, 15) is 4.79 Å². The fraction of sp³-hybridized carbons (Fsp3) is 0.375. The molecular formula is C24H29N5O2. The molecule has 31 heavy (non-hydrogen) atoms. The van der Waals surface area contributed by atoms with Crippen molar-refractivity contribution >= 4 is 17.4 Å². The molecule has 7 nitrogen and oxygen atoms in total. The zero-order chi connectivity index (χ0) is 21.6. The van der Waals surface area contributed by atoms with Gasteiger partial charge in [-0.3, -0.25) is 4.90 Å². The molecule has 1 aliphatic rings. The number of urea groups is 1. The average Bonchev–Trinajstić information content (AvgIpc) is 3.03. The molecule has 2 heterocycles. The van der Waals surface area contributed by atoms with Crippen LogP contribution < -0.4 is 15.0 Å². The maximum atomic E-state index is 13.3. The smallest absolute Gasteiger partial charge is 0.326 e. The van der Waals surface area contributed by atoms with E-state index in [0.717, 1.165) is 54.3 Å². The van der Waals surface area contributed by atoms with Gasteiger partial charge in [0.05, 0.1) is 13.2 Å². The molecule has 3 aromatic rings. The van der Waals surface area contributed by atoms with Crippen molar-refractivity contribution in [1.82, 2.24) is 14.8 Å². The molecule has 162 valence electrons. The van der Waals surface area contributed by atoms with Gasteiger partial charge in [-0.25, -0.2) is 14.5 Å². The molecule has 0 saturated carbocycles. The molecule has 1 aromatic heterocycles. The van der Waals surface area contributed by atoms with Gasteiger partial charge in [0.15, 0.2) is 5.82 Å². The number of benzene rings is 2. The molecule has 0 saturated heterocycles. The van der Waals surface area contributed by atoms with Crippen LogP contribution >= 0.6 is 0 Å². The molecule has 1 N–H and O–H groups in total. The van der Waals surface area contributed by atoms with E-state index < -0.39 is 0 Å².